The average molecular weight is 399 g/mol. The molecule has 152 valence electrons. The van der Waals surface area contributed by atoms with E-state index in [2.05, 4.69) is 4.98 Å². The van der Waals surface area contributed by atoms with Crippen LogP contribution in [0.2, 0.25) is 0 Å². The number of H-pyrrole nitrogens is 1. The molecule has 1 aromatic heterocycles. The number of nitrogens with one attached hydrogen (secondary N) is 1. The van der Waals surface area contributed by atoms with Gasteiger partial charge < -0.3 is 19.5 Å². The van der Waals surface area contributed by atoms with E-state index in [-0.39, 0.29) is 24.0 Å². The summed E-state index contributed by atoms with van der Waals surface area (Å²) >= 11 is 0. The van der Waals surface area contributed by atoms with E-state index in [1.165, 1.54) is 12.1 Å². The normalized spacial score (nSPS) is 18.9. The molecule has 1 aromatic carbocycles. The molecule has 1 spiro atoms. The van der Waals surface area contributed by atoms with Crippen molar-refractivity contribution in [1.82, 2.24) is 9.88 Å². The van der Waals surface area contributed by atoms with Gasteiger partial charge in [0.05, 0.1) is 12.1 Å². The summed E-state index contributed by atoms with van der Waals surface area (Å²) in [7, 11) is 0. The summed E-state index contributed by atoms with van der Waals surface area (Å²) < 4.78 is 19.5. The summed E-state index contributed by atoms with van der Waals surface area (Å²) in [6, 6.07) is 9.18. The van der Waals surface area contributed by atoms with E-state index < -0.39 is 17.0 Å². The lowest BCUT2D eigenvalue weighted by molar-refractivity contribution is -0.143. The first-order valence-electron chi connectivity index (χ1n) is 9.56. The Balaban J connectivity index is 1.47. The van der Waals surface area contributed by atoms with E-state index in [1.54, 1.807) is 41.0 Å². The molecular formula is C21H22FN3O4. The summed E-state index contributed by atoms with van der Waals surface area (Å²) in [5.74, 6) is -0.930. The number of nitrogens with zero attached hydrogens (tertiary/aromatic N) is 2. The highest BCUT2D eigenvalue weighted by molar-refractivity contribution is 5.95. The number of aromatic amines is 1. The smallest absolute Gasteiger partial charge is 0.260 e. The van der Waals surface area contributed by atoms with Gasteiger partial charge in [-0.25, -0.2) is 4.39 Å². The minimum atomic E-state index is -0.587. The van der Waals surface area contributed by atoms with Crippen molar-refractivity contribution in [3.63, 3.8) is 0 Å². The van der Waals surface area contributed by atoms with E-state index in [0.29, 0.717) is 43.9 Å². The minimum Gasteiger partial charge on any atom is -0.363 e. The molecule has 2 aliphatic heterocycles. The predicted octanol–water partition coefficient (Wildman–Crippen LogP) is 1.86. The zero-order valence-electron chi connectivity index (χ0n) is 16.1. The molecule has 0 aliphatic carbocycles. The standard InChI is InChI=1S/C21H22FN3O4/c1-14-5-6-17(19(27)23-14)20(28)24-9-7-21(8-10-24)13-25(18(26)12-29-21)16-4-2-3-15(22)11-16/h2-6,11H,7-10,12-13H2,1H3,(H,23,27). The number of halogens is 1. The number of piperidine rings is 1. The zero-order valence-corrected chi connectivity index (χ0v) is 16.1. The minimum absolute atomic E-state index is 0.0813. The number of ether oxygens (including phenoxy) is 1. The lowest BCUT2D eigenvalue weighted by Gasteiger charge is -2.46. The molecule has 2 aromatic rings. The number of morpholine rings is 1. The van der Waals surface area contributed by atoms with Gasteiger partial charge in [0.1, 0.15) is 18.0 Å². The fourth-order valence-corrected chi connectivity index (χ4v) is 3.92. The molecule has 1 N–H and O–H groups in total. The Morgan fingerprint density at radius 3 is 2.62 bits per heavy atom. The van der Waals surface area contributed by atoms with E-state index in [1.807, 2.05) is 0 Å². The molecule has 8 heteroatoms. The Labute approximate surface area is 167 Å². The largest absolute Gasteiger partial charge is 0.363 e. The van der Waals surface area contributed by atoms with Crippen molar-refractivity contribution in [2.75, 3.05) is 31.1 Å². The Bertz CT molecular complexity index is 1010. The monoisotopic (exact) mass is 399 g/mol. The van der Waals surface area contributed by atoms with Gasteiger partial charge in [-0.2, -0.15) is 0 Å². The van der Waals surface area contributed by atoms with Gasteiger partial charge in [0.15, 0.2) is 0 Å². The zero-order chi connectivity index (χ0) is 20.6. The molecule has 0 saturated carbocycles. The maximum absolute atomic E-state index is 13.6. The Kier molecular flexibility index (Phi) is 4.96. The number of carbonyl (C=O) groups is 2. The highest BCUT2D eigenvalue weighted by atomic mass is 19.1. The molecule has 0 unspecified atom stereocenters. The fourth-order valence-electron chi connectivity index (χ4n) is 3.92. The number of benzene rings is 1. The number of likely N-dealkylation sites (tertiary alicyclic amines) is 1. The van der Waals surface area contributed by atoms with Gasteiger partial charge in [-0.1, -0.05) is 6.07 Å². The number of hydrogen-bond acceptors (Lipinski definition) is 4. The molecular weight excluding hydrogens is 377 g/mol. The van der Waals surface area contributed by atoms with Crippen molar-refractivity contribution in [3.8, 4) is 0 Å². The van der Waals surface area contributed by atoms with Crippen LogP contribution >= 0.6 is 0 Å². The lowest BCUT2D eigenvalue weighted by atomic mass is 9.88. The highest BCUT2D eigenvalue weighted by Gasteiger charge is 2.43. The van der Waals surface area contributed by atoms with Crippen LogP contribution in [0.5, 0.6) is 0 Å². The number of anilines is 1. The maximum atomic E-state index is 13.6. The summed E-state index contributed by atoms with van der Waals surface area (Å²) in [6.45, 7) is 2.81. The summed E-state index contributed by atoms with van der Waals surface area (Å²) in [6.07, 6.45) is 1.06. The van der Waals surface area contributed by atoms with Gasteiger partial charge in [-0.05, 0) is 50.1 Å². The third kappa shape index (κ3) is 3.80. The number of pyridine rings is 1. The second kappa shape index (κ2) is 7.44. The predicted molar refractivity (Wildman–Crippen MR) is 104 cm³/mol. The first-order chi connectivity index (χ1) is 13.9. The van der Waals surface area contributed by atoms with Crippen LogP contribution in [-0.4, -0.2) is 53.5 Å². The SMILES string of the molecule is Cc1ccc(C(=O)N2CCC3(CC2)CN(c2cccc(F)c2)C(=O)CO3)c(=O)[nH]1. The van der Waals surface area contributed by atoms with E-state index in [0.717, 1.165) is 0 Å². The molecule has 2 fully saturated rings. The number of rotatable bonds is 2. The molecule has 0 radical (unpaired) electrons. The Morgan fingerprint density at radius 1 is 1.17 bits per heavy atom. The lowest BCUT2D eigenvalue weighted by Crippen LogP contribution is -2.59. The van der Waals surface area contributed by atoms with Gasteiger partial charge >= 0.3 is 0 Å². The van der Waals surface area contributed by atoms with Gasteiger partial charge in [0, 0.05) is 24.5 Å². The summed E-state index contributed by atoms with van der Waals surface area (Å²) in [5.41, 5.74) is 0.334. The highest BCUT2D eigenvalue weighted by Crippen LogP contribution is 2.33. The molecule has 29 heavy (non-hydrogen) atoms. The molecule has 2 aliphatic rings. The van der Waals surface area contributed by atoms with Crippen molar-refractivity contribution in [1.29, 1.82) is 0 Å². The van der Waals surface area contributed by atoms with Crippen molar-refractivity contribution >= 4 is 17.5 Å². The van der Waals surface area contributed by atoms with Crippen LogP contribution in [0.1, 0.15) is 28.9 Å². The molecule has 0 bridgehead atoms. The van der Waals surface area contributed by atoms with Crippen LogP contribution < -0.4 is 10.5 Å². The van der Waals surface area contributed by atoms with E-state index in [9.17, 15) is 18.8 Å². The first kappa shape index (κ1) is 19.3. The van der Waals surface area contributed by atoms with E-state index >= 15 is 0 Å². The van der Waals surface area contributed by atoms with Gasteiger partial charge in [0.25, 0.3) is 17.4 Å². The molecule has 0 atom stereocenters. The van der Waals surface area contributed by atoms with Crippen molar-refractivity contribution in [2.45, 2.75) is 25.4 Å². The third-order valence-electron chi connectivity index (χ3n) is 5.62. The number of carbonyl (C=O) groups excluding carboxylic acids is 2. The summed E-state index contributed by atoms with van der Waals surface area (Å²) in [5, 5.41) is 0. The number of amides is 2. The van der Waals surface area contributed by atoms with E-state index in [4.69, 9.17) is 4.74 Å². The van der Waals surface area contributed by atoms with Crippen molar-refractivity contribution in [3.05, 3.63) is 63.8 Å². The third-order valence-corrected chi connectivity index (χ3v) is 5.62. The number of aryl methyl sites for hydroxylation is 1. The quantitative estimate of drug-likeness (QED) is 0.836. The van der Waals surface area contributed by atoms with Crippen LogP contribution in [0.15, 0.2) is 41.2 Å². The van der Waals surface area contributed by atoms with Crippen LogP contribution in [0.25, 0.3) is 0 Å². The topological polar surface area (TPSA) is 82.7 Å². The molecule has 3 heterocycles. The van der Waals surface area contributed by atoms with Crippen LogP contribution in [0.3, 0.4) is 0 Å². The Hall–Kier alpha value is -3.00. The van der Waals surface area contributed by atoms with Crippen molar-refractivity contribution in [2.24, 2.45) is 0 Å². The second-order valence-corrected chi connectivity index (χ2v) is 7.61. The maximum Gasteiger partial charge on any atom is 0.260 e. The van der Waals surface area contributed by atoms with Gasteiger partial charge in [0.2, 0.25) is 0 Å². The molecule has 4 rings (SSSR count). The molecule has 7 nitrogen and oxygen atoms in total. The first-order valence-corrected chi connectivity index (χ1v) is 9.56. The average Bonchev–Trinajstić information content (AvgIpc) is 2.70. The van der Waals surface area contributed by atoms with Gasteiger partial charge in [-0.15, -0.1) is 0 Å². The van der Waals surface area contributed by atoms with Crippen LogP contribution in [-0.2, 0) is 9.53 Å². The van der Waals surface area contributed by atoms with Crippen LogP contribution in [0, 0.1) is 12.7 Å². The van der Waals surface area contributed by atoms with Gasteiger partial charge in [-0.3, -0.25) is 14.4 Å². The summed E-state index contributed by atoms with van der Waals surface area (Å²) in [4.78, 5) is 43.0. The number of hydrogen-bond donors (Lipinski definition) is 1. The second-order valence-electron chi connectivity index (χ2n) is 7.61. The number of aromatic nitrogens is 1. The van der Waals surface area contributed by atoms with Crippen LogP contribution in [0.4, 0.5) is 10.1 Å². The Morgan fingerprint density at radius 2 is 1.93 bits per heavy atom. The fraction of sp³-hybridized carbons (Fsp3) is 0.381. The molecule has 2 amide bonds. The molecule has 2 saturated heterocycles. The van der Waals surface area contributed by atoms with Crippen molar-refractivity contribution < 1.29 is 18.7 Å².